The lowest BCUT2D eigenvalue weighted by molar-refractivity contribution is 0.721. The smallest absolute Gasteiger partial charge is 0.0935 e. The zero-order valence-electron chi connectivity index (χ0n) is 12.5. The van der Waals surface area contributed by atoms with Crippen LogP contribution in [0.5, 0.6) is 0 Å². The van der Waals surface area contributed by atoms with Gasteiger partial charge in [0.2, 0.25) is 0 Å². The summed E-state index contributed by atoms with van der Waals surface area (Å²) in [5.74, 6) is 0. The zero-order chi connectivity index (χ0) is 14.2. The van der Waals surface area contributed by atoms with Gasteiger partial charge in [0.1, 0.15) is 0 Å². The van der Waals surface area contributed by atoms with Crippen molar-refractivity contribution in [3.63, 3.8) is 0 Å². The van der Waals surface area contributed by atoms with Crippen LogP contribution in [0.3, 0.4) is 0 Å². The number of nitrogens with zero attached hydrogens (tertiary/aromatic N) is 1. The Morgan fingerprint density at radius 2 is 1.90 bits per heavy atom. The highest BCUT2D eigenvalue weighted by atomic mass is 32.1. The number of hydrogen-bond acceptors (Lipinski definition) is 3. The van der Waals surface area contributed by atoms with Gasteiger partial charge < -0.3 is 5.32 Å². The molecular formula is C17H24N2S. The molecule has 0 saturated heterocycles. The van der Waals surface area contributed by atoms with Gasteiger partial charge in [-0.05, 0) is 25.8 Å². The van der Waals surface area contributed by atoms with Gasteiger partial charge in [0.15, 0.2) is 0 Å². The average Bonchev–Trinajstić information content (AvgIpc) is 2.89. The van der Waals surface area contributed by atoms with Crippen LogP contribution in [-0.2, 0) is 12.8 Å². The molecule has 1 aromatic carbocycles. The van der Waals surface area contributed by atoms with E-state index in [1.807, 2.05) is 11.3 Å². The monoisotopic (exact) mass is 288 g/mol. The Morgan fingerprint density at radius 1 is 1.10 bits per heavy atom. The van der Waals surface area contributed by atoms with Gasteiger partial charge in [-0.2, -0.15) is 0 Å². The lowest BCUT2D eigenvalue weighted by atomic mass is 10.1. The first-order chi connectivity index (χ1) is 9.85. The third-order valence-corrected chi connectivity index (χ3v) is 4.49. The van der Waals surface area contributed by atoms with E-state index in [4.69, 9.17) is 4.98 Å². The average molecular weight is 288 g/mol. The number of aromatic nitrogens is 1. The normalized spacial score (nSPS) is 10.9. The van der Waals surface area contributed by atoms with E-state index in [1.165, 1.54) is 34.0 Å². The van der Waals surface area contributed by atoms with E-state index < -0.39 is 0 Å². The number of unbranched alkanes of at least 4 members (excludes halogenated alkanes) is 1. The molecule has 0 aliphatic carbocycles. The molecule has 0 unspecified atom stereocenters. The van der Waals surface area contributed by atoms with E-state index in [-0.39, 0.29) is 0 Å². The summed E-state index contributed by atoms with van der Waals surface area (Å²) >= 11 is 1.89. The van der Waals surface area contributed by atoms with E-state index >= 15 is 0 Å². The highest BCUT2D eigenvalue weighted by Crippen LogP contribution is 2.29. The van der Waals surface area contributed by atoms with E-state index in [0.717, 1.165) is 25.9 Å². The predicted molar refractivity (Wildman–Crippen MR) is 88.4 cm³/mol. The van der Waals surface area contributed by atoms with Crippen molar-refractivity contribution in [1.29, 1.82) is 0 Å². The van der Waals surface area contributed by atoms with Crippen molar-refractivity contribution in [3.8, 4) is 11.3 Å². The van der Waals surface area contributed by atoms with Gasteiger partial charge >= 0.3 is 0 Å². The molecule has 2 aromatic rings. The fourth-order valence-electron chi connectivity index (χ4n) is 2.21. The topological polar surface area (TPSA) is 24.9 Å². The van der Waals surface area contributed by atoms with Crippen molar-refractivity contribution in [2.24, 2.45) is 0 Å². The minimum absolute atomic E-state index is 1.03. The maximum Gasteiger partial charge on any atom is 0.0935 e. The third-order valence-electron chi connectivity index (χ3n) is 3.31. The Morgan fingerprint density at radius 3 is 2.60 bits per heavy atom. The highest BCUT2D eigenvalue weighted by Gasteiger charge is 2.12. The number of nitrogens with one attached hydrogen (secondary N) is 1. The first-order valence-corrected chi connectivity index (χ1v) is 8.41. The molecule has 0 bridgehead atoms. The van der Waals surface area contributed by atoms with Crippen LogP contribution in [-0.4, -0.2) is 18.1 Å². The molecule has 0 aliphatic heterocycles. The zero-order valence-corrected chi connectivity index (χ0v) is 13.3. The molecule has 0 atom stereocenters. The van der Waals surface area contributed by atoms with E-state index in [1.54, 1.807) is 0 Å². The number of likely N-dealkylation sites (N-methyl/N-ethyl adjacent to an activating group) is 1. The number of aryl methyl sites for hydroxylation is 1. The Bertz CT molecular complexity index is 505. The molecule has 0 fully saturated rings. The van der Waals surface area contributed by atoms with Gasteiger partial charge in [-0.1, -0.05) is 50.6 Å². The second kappa shape index (κ2) is 8.18. The van der Waals surface area contributed by atoms with Crippen LogP contribution in [0.4, 0.5) is 0 Å². The molecule has 0 spiro atoms. The summed E-state index contributed by atoms with van der Waals surface area (Å²) in [5, 5.41) is 4.70. The van der Waals surface area contributed by atoms with Crippen LogP contribution in [0.15, 0.2) is 30.3 Å². The lowest BCUT2D eigenvalue weighted by Crippen LogP contribution is -2.15. The standard InChI is InChI=1S/C17H24N2S/c1-3-5-11-16-19-17(14-9-7-6-8-10-14)15(20-16)12-13-18-4-2/h6-10,18H,3-5,11-13H2,1-2H3. The summed E-state index contributed by atoms with van der Waals surface area (Å²) in [4.78, 5) is 6.31. The molecule has 3 heteroatoms. The van der Waals surface area contributed by atoms with Crippen molar-refractivity contribution in [2.75, 3.05) is 13.1 Å². The van der Waals surface area contributed by atoms with Gasteiger partial charge in [0.05, 0.1) is 10.7 Å². The molecule has 108 valence electrons. The fourth-order valence-corrected chi connectivity index (χ4v) is 3.34. The summed E-state index contributed by atoms with van der Waals surface area (Å²) < 4.78 is 0. The molecule has 0 radical (unpaired) electrons. The van der Waals surface area contributed by atoms with Crippen molar-refractivity contribution in [1.82, 2.24) is 10.3 Å². The van der Waals surface area contributed by atoms with Crippen molar-refractivity contribution >= 4 is 11.3 Å². The summed E-state index contributed by atoms with van der Waals surface area (Å²) in [6, 6.07) is 10.6. The highest BCUT2D eigenvalue weighted by molar-refractivity contribution is 7.12. The molecular weight excluding hydrogens is 264 g/mol. The molecule has 2 rings (SSSR count). The van der Waals surface area contributed by atoms with Crippen LogP contribution < -0.4 is 5.32 Å². The van der Waals surface area contributed by atoms with Crippen LogP contribution in [0.2, 0.25) is 0 Å². The Labute approximate surface area is 126 Å². The van der Waals surface area contributed by atoms with Crippen LogP contribution in [0.1, 0.15) is 36.6 Å². The van der Waals surface area contributed by atoms with Gasteiger partial charge in [-0.25, -0.2) is 4.98 Å². The van der Waals surface area contributed by atoms with Crippen LogP contribution in [0, 0.1) is 0 Å². The Balaban J connectivity index is 2.20. The number of rotatable bonds is 8. The summed E-state index contributed by atoms with van der Waals surface area (Å²) in [5.41, 5.74) is 2.44. The Hall–Kier alpha value is -1.19. The summed E-state index contributed by atoms with van der Waals surface area (Å²) in [7, 11) is 0. The maximum absolute atomic E-state index is 4.89. The minimum Gasteiger partial charge on any atom is -0.317 e. The summed E-state index contributed by atoms with van der Waals surface area (Å²) in [6.45, 7) is 6.45. The lowest BCUT2D eigenvalue weighted by Gasteiger charge is -2.03. The first-order valence-electron chi connectivity index (χ1n) is 7.59. The van der Waals surface area contributed by atoms with Crippen molar-refractivity contribution in [2.45, 2.75) is 39.5 Å². The van der Waals surface area contributed by atoms with Crippen LogP contribution >= 0.6 is 11.3 Å². The molecule has 0 amide bonds. The molecule has 0 aliphatic rings. The predicted octanol–water partition coefficient (Wildman–Crippen LogP) is 4.30. The van der Waals surface area contributed by atoms with Gasteiger partial charge in [-0.3, -0.25) is 0 Å². The molecule has 0 saturated carbocycles. The molecule has 1 aromatic heterocycles. The number of thiazole rings is 1. The quantitative estimate of drug-likeness (QED) is 0.732. The largest absolute Gasteiger partial charge is 0.317 e. The van der Waals surface area contributed by atoms with E-state index in [9.17, 15) is 0 Å². The van der Waals surface area contributed by atoms with Crippen LogP contribution in [0.25, 0.3) is 11.3 Å². The molecule has 2 nitrogen and oxygen atoms in total. The van der Waals surface area contributed by atoms with Crippen molar-refractivity contribution in [3.05, 3.63) is 40.2 Å². The third kappa shape index (κ3) is 4.15. The second-order valence-electron chi connectivity index (χ2n) is 4.95. The van der Waals surface area contributed by atoms with Gasteiger partial charge in [0, 0.05) is 17.0 Å². The minimum atomic E-state index is 1.03. The Kier molecular flexibility index (Phi) is 6.22. The van der Waals surface area contributed by atoms with E-state index in [2.05, 4.69) is 49.5 Å². The maximum atomic E-state index is 4.89. The van der Waals surface area contributed by atoms with Crippen molar-refractivity contribution < 1.29 is 0 Å². The first kappa shape index (κ1) is 15.2. The fraction of sp³-hybridized carbons (Fsp3) is 0.471. The summed E-state index contributed by atoms with van der Waals surface area (Å²) in [6.07, 6.45) is 4.64. The number of hydrogen-bond donors (Lipinski definition) is 1. The SMILES string of the molecule is CCCCc1nc(-c2ccccc2)c(CCNCC)s1. The molecule has 20 heavy (non-hydrogen) atoms. The second-order valence-corrected chi connectivity index (χ2v) is 6.12. The van der Waals surface area contributed by atoms with E-state index in [0.29, 0.717) is 0 Å². The molecule has 1 N–H and O–H groups in total. The number of benzene rings is 1. The van der Waals surface area contributed by atoms with Gasteiger partial charge in [0.25, 0.3) is 0 Å². The van der Waals surface area contributed by atoms with Gasteiger partial charge in [-0.15, -0.1) is 11.3 Å². The molecule has 1 heterocycles.